The van der Waals surface area contributed by atoms with Crippen LogP contribution in [0.15, 0.2) is 45.3 Å². The molecule has 2 aromatic rings. The van der Waals surface area contributed by atoms with Crippen molar-refractivity contribution in [1.82, 2.24) is 0 Å². The molecule has 1 nitrogen and oxygen atoms in total. The topological polar surface area (TPSA) is 20.2 Å². The predicted molar refractivity (Wildman–Crippen MR) is 72.3 cm³/mol. The van der Waals surface area contributed by atoms with E-state index in [9.17, 15) is 13.9 Å². The van der Waals surface area contributed by atoms with Gasteiger partial charge in [-0.25, -0.2) is 8.78 Å². The van der Waals surface area contributed by atoms with Crippen LogP contribution in [0.4, 0.5) is 8.78 Å². The van der Waals surface area contributed by atoms with Gasteiger partial charge in [-0.1, -0.05) is 12.1 Å². The molecule has 0 saturated carbocycles. The van der Waals surface area contributed by atoms with E-state index in [4.69, 9.17) is 0 Å². The van der Waals surface area contributed by atoms with E-state index in [0.29, 0.717) is 15.6 Å². The minimum atomic E-state index is -0.996. The second-order valence-electron chi connectivity index (χ2n) is 3.75. The molecule has 2 aromatic carbocycles. The van der Waals surface area contributed by atoms with E-state index in [1.165, 1.54) is 30.3 Å². The van der Waals surface area contributed by atoms with Crippen molar-refractivity contribution in [3.05, 3.63) is 68.1 Å². The fourth-order valence-corrected chi connectivity index (χ4v) is 2.20. The molecule has 5 heteroatoms. The van der Waals surface area contributed by atoms with Gasteiger partial charge in [0.1, 0.15) is 17.7 Å². The third kappa shape index (κ3) is 2.79. The molecule has 1 unspecified atom stereocenters. The van der Waals surface area contributed by atoms with Crippen molar-refractivity contribution in [2.24, 2.45) is 0 Å². The highest BCUT2D eigenvalue weighted by atomic mass is 79.9. The lowest BCUT2D eigenvalue weighted by Gasteiger charge is -2.12. The third-order valence-corrected chi connectivity index (χ3v) is 3.77. The lowest BCUT2D eigenvalue weighted by atomic mass is 10.0. The summed E-state index contributed by atoms with van der Waals surface area (Å²) >= 11 is 6.09. The maximum Gasteiger partial charge on any atom is 0.137 e. The normalized spacial score (nSPS) is 12.5. The maximum absolute atomic E-state index is 13.4. The second kappa shape index (κ2) is 5.47. The van der Waals surface area contributed by atoms with E-state index in [-0.39, 0.29) is 4.47 Å². The first-order valence-corrected chi connectivity index (χ1v) is 6.65. The van der Waals surface area contributed by atoms with Crippen molar-refractivity contribution in [2.75, 3.05) is 0 Å². The molecule has 0 aliphatic rings. The highest BCUT2D eigenvalue weighted by molar-refractivity contribution is 9.10. The zero-order chi connectivity index (χ0) is 13.3. The van der Waals surface area contributed by atoms with Crippen molar-refractivity contribution in [3.8, 4) is 0 Å². The fraction of sp³-hybridized carbons (Fsp3) is 0.0769. The lowest BCUT2D eigenvalue weighted by molar-refractivity contribution is 0.219. The molecular formula is C13H8Br2F2O. The van der Waals surface area contributed by atoms with E-state index in [0.717, 1.165) is 0 Å². The second-order valence-corrected chi connectivity index (χ2v) is 5.46. The molecule has 0 spiro atoms. The summed E-state index contributed by atoms with van der Waals surface area (Å²) in [4.78, 5) is 0. The molecule has 2 rings (SSSR count). The zero-order valence-corrected chi connectivity index (χ0v) is 12.2. The van der Waals surface area contributed by atoms with E-state index in [1.54, 1.807) is 6.07 Å². The van der Waals surface area contributed by atoms with Crippen LogP contribution in [0.2, 0.25) is 0 Å². The van der Waals surface area contributed by atoms with E-state index in [1.807, 2.05) is 0 Å². The van der Waals surface area contributed by atoms with Gasteiger partial charge in [0.2, 0.25) is 0 Å². The van der Waals surface area contributed by atoms with Crippen LogP contribution in [0, 0.1) is 11.6 Å². The molecule has 1 N–H and O–H groups in total. The van der Waals surface area contributed by atoms with Gasteiger partial charge in [0.15, 0.2) is 0 Å². The minimum Gasteiger partial charge on any atom is -0.384 e. The fourth-order valence-electron chi connectivity index (χ4n) is 1.56. The molecule has 0 bridgehead atoms. The molecule has 1 atom stereocenters. The molecule has 18 heavy (non-hydrogen) atoms. The first kappa shape index (κ1) is 13.6. The Balaban J connectivity index is 2.37. The Labute approximate surface area is 120 Å². The summed E-state index contributed by atoms with van der Waals surface area (Å²) in [5.41, 5.74) is 0.902. The summed E-state index contributed by atoms with van der Waals surface area (Å²) in [5.74, 6) is -0.860. The molecule has 0 radical (unpaired) electrons. The number of halogens is 4. The van der Waals surface area contributed by atoms with Gasteiger partial charge in [0.25, 0.3) is 0 Å². The smallest absolute Gasteiger partial charge is 0.137 e. The number of benzene rings is 2. The molecule has 0 saturated heterocycles. The Hall–Kier alpha value is -0.780. The van der Waals surface area contributed by atoms with Crippen molar-refractivity contribution in [1.29, 1.82) is 0 Å². The Morgan fingerprint density at radius 1 is 0.833 bits per heavy atom. The Morgan fingerprint density at radius 3 is 2.06 bits per heavy atom. The quantitative estimate of drug-likeness (QED) is 0.812. The summed E-state index contributed by atoms with van der Waals surface area (Å²) in [5, 5.41) is 10.1. The van der Waals surface area contributed by atoms with Crippen LogP contribution in [0.1, 0.15) is 17.2 Å². The van der Waals surface area contributed by atoms with Gasteiger partial charge < -0.3 is 5.11 Å². The number of aliphatic hydroxyl groups is 1. The predicted octanol–water partition coefficient (Wildman–Crippen LogP) is 4.57. The average molecular weight is 378 g/mol. The third-order valence-electron chi connectivity index (χ3n) is 2.52. The first-order valence-electron chi connectivity index (χ1n) is 5.07. The van der Waals surface area contributed by atoms with Gasteiger partial charge in [-0.3, -0.25) is 0 Å². The molecule has 0 heterocycles. The highest BCUT2D eigenvalue weighted by Gasteiger charge is 2.13. The Morgan fingerprint density at radius 2 is 1.44 bits per heavy atom. The van der Waals surface area contributed by atoms with Crippen LogP contribution in [-0.4, -0.2) is 5.11 Å². The summed E-state index contributed by atoms with van der Waals surface area (Å²) in [6.07, 6.45) is -0.996. The van der Waals surface area contributed by atoms with Gasteiger partial charge in [-0.05, 0) is 67.3 Å². The van der Waals surface area contributed by atoms with Gasteiger partial charge in [-0.2, -0.15) is 0 Å². The van der Waals surface area contributed by atoms with Crippen LogP contribution >= 0.6 is 31.9 Å². The standard InChI is InChI=1S/C13H8Br2F2O/c14-9-3-1-8(6-12(9)17)13(18)7-2-4-11(16)10(15)5-7/h1-6,13,18H. The van der Waals surface area contributed by atoms with E-state index < -0.39 is 17.7 Å². The maximum atomic E-state index is 13.4. The number of rotatable bonds is 2. The SMILES string of the molecule is OC(c1ccc(Br)c(F)c1)c1ccc(F)c(Br)c1. The molecule has 0 amide bonds. The number of hydrogen-bond donors (Lipinski definition) is 1. The Bertz CT molecular complexity index is 536. The zero-order valence-electron chi connectivity index (χ0n) is 9.00. The van der Waals surface area contributed by atoms with Crippen molar-refractivity contribution >= 4 is 31.9 Å². The summed E-state index contributed by atoms with van der Waals surface area (Å²) in [7, 11) is 0. The summed E-state index contributed by atoms with van der Waals surface area (Å²) < 4.78 is 27.1. The van der Waals surface area contributed by atoms with Crippen LogP contribution in [-0.2, 0) is 0 Å². The molecule has 94 valence electrons. The van der Waals surface area contributed by atoms with Crippen molar-refractivity contribution in [3.63, 3.8) is 0 Å². The van der Waals surface area contributed by atoms with Crippen LogP contribution in [0.25, 0.3) is 0 Å². The largest absolute Gasteiger partial charge is 0.384 e. The van der Waals surface area contributed by atoms with Crippen LogP contribution in [0.3, 0.4) is 0 Å². The molecule has 0 aliphatic carbocycles. The number of hydrogen-bond acceptors (Lipinski definition) is 1. The monoisotopic (exact) mass is 376 g/mol. The summed E-state index contributed by atoms with van der Waals surface area (Å²) in [6.45, 7) is 0. The molecular weight excluding hydrogens is 370 g/mol. The first-order chi connectivity index (χ1) is 8.49. The van der Waals surface area contributed by atoms with E-state index >= 15 is 0 Å². The van der Waals surface area contributed by atoms with Crippen LogP contribution < -0.4 is 0 Å². The minimum absolute atomic E-state index is 0.261. The van der Waals surface area contributed by atoms with Crippen molar-refractivity contribution in [2.45, 2.75) is 6.10 Å². The van der Waals surface area contributed by atoms with E-state index in [2.05, 4.69) is 31.9 Å². The summed E-state index contributed by atoms with van der Waals surface area (Å²) in [6, 6.07) is 8.55. The van der Waals surface area contributed by atoms with Gasteiger partial charge >= 0.3 is 0 Å². The highest BCUT2D eigenvalue weighted by Crippen LogP contribution is 2.28. The molecule has 0 fully saturated rings. The Kier molecular flexibility index (Phi) is 4.14. The van der Waals surface area contributed by atoms with Crippen LogP contribution in [0.5, 0.6) is 0 Å². The lowest BCUT2D eigenvalue weighted by Crippen LogP contribution is -2.00. The molecule has 0 aromatic heterocycles. The van der Waals surface area contributed by atoms with Crippen molar-refractivity contribution < 1.29 is 13.9 Å². The average Bonchev–Trinajstić information content (AvgIpc) is 2.35. The van der Waals surface area contributed by atoms with Gasteiger partial charge in [-0.15, -0.1) is 0 Å². The van der Waals surface area contributed by atoms with Gasteiger partial charge in [0.05, 0.1) is 8.95 Å². The van der Waals surface area contributed by atoms with Gasteiger partial charge in [0, 0.05) is 0 Å². The molecule has 0 aliphatic heterocycles. The number of aliphatic hydroxyl groups excluding tert-OH is 1.